The van der Waals surface area contributed by atoms with Crippen LogP contribution in [0.3, 0.4) is 0 Å². The molecule has 6 nitrogen and oxygen atoms in total. The van der Waals surface area contributed by atoms with E-state index < -0.39 is 11.9 Å². The van der Waals surface area contributed by atoms with Crippen LogP contribution in [0.1, 0.15) is 27.2 Å². The maximum atomic E-state index is 14.0. The van der Waals surface area contributed by atoms with Crippen LogP contribution in [0.4, 0.5) is 10.1 Å². The summed E-state index contributed by atoms with van der Waals surface area (Å²) in [6.07, 6.45) is 1.50. The van der Waals surface area contributed by atoms with Crippen LogP contribution in [0, 0.1) is 19.8 Å². The molecule has 0 radical (unpaired) electrons. The van der Waals surface area contributed by atoms with Crippen LogP contribution in [0.25, 0.3) is 0 Å². The highest BCUT2D eigenvalue weighted by atomic mass is 19.1. The number of nitrogens with zero attached hydrogens (tertiary/aromatic N) is 3. The fourth-order valence-corrected chi connectivity index (χ4v) is 2.14. The van der Waals surface area contributed by atoms with E-state index >= 15 is 0 Å². The van der Waals surface area contributed by atoms with E-state index in [-0.39, 0.29) is 5.56 Å². The number of rotatable bonds is 4. The highest BCUT2D eigenvalue weighted by molar-refractivity contribution is 6.07. The number of carbonyl (C=O) groups is 1. The zero-order chi connectivity index (χ0) is 16.3. The van der Waals surface area contributed by atoms with Crippen LogP contribution in [0.5, 0.6) is 0 Å². The number of oxime groups is 1. The number of carbonyl (C=O) groups excluding carboxylic acids is 1. The summed E-state index contributed by atoms with van der Waals surface area (Å²) in [5.41, 5.74) is 2.38. The smallest absolute Gasteiger partial charge is 0.262 e. The highest BCUT2D eigenvalue weighted by Gasteiger charge is 2.21. The standard InChI is InChI=1S/C15H17FN4O2/c1-9-6-5-7-12(11(9)8-17-22-4)18-15(21)13-10(2)19-20(3)14(13)16/h5-8H,1-4H3,(H,18,21). The Morgan fingerprint density at radius 3 is 2.77 bits per heavy atom. The van der Waals surface area contributed by atoms with Gasteiger partial charge in [-0.1, -0.05) is 17.3 Å². The number of aromatic nitrogens is 2. The van der Waals surface area contributed by atoms with Crippen molar-refractivity contribution in [3.8, 4) is 0 Å². The molecule has 0 aliphatic heterocycles. The van der Waals surface area contributed by atoms with Gasteiger partial charge >= 0.3 is 0 Å². The molecule has 2 aromatic rings. The molecule has 0 bridgehead atoms. The molecular formula is C15H17FN4O2. The molecule has 0 fully saturated rings. The molecule has 116 valence electrons. The van der Waals surface area contributed by atoms with E-state index in [1.807, 2.05) is 13.0 Å². The number of aryl methyl sites for hydroxylation is 3. The number of anilines is 1. The Morgan fingerprint density at radius 2 is 2.18 bits per heavy atom. The number of hydrogen-bond acceptors (Lipinski definition) is 4. The van der Waals surface area contributed by atoms with Crippen molar-refractivity contribution in [3.05, 3.63) is 46.5 Å². The monoisotopic (exact) mass is 304 g/mol. The van der Waals surface area contributed by atoms with Crippen LogP contribution >= 0.6 is 0 Å². The summed E-state index contributed by atoms with van der Waals surface area (Å²) in [6.45, 7) is 3.46. The Balaban J connectivity index is 2.37. The van der Waals surface area contributed by atoms with Gasteiger partial charge in [0.15, 0.2) is 0 Å². The normalized spacial score (nSPS) is 11.0. The molecule has 0 aliphatic carbocycles. The zero-order valence-electron chi connectivity index (χ0n) is 12.8. The van der Waals surface area contributed by atoms with Gasteiger partial charge in [0.25, 0.3) is 5.91 Å². The van der Waals surface area contributed by atoms with Crippen LogP contribution in [-0.4, -0.2) is 29.0 Å². The summed E-state index contributed by atoms with van der Waals surface area (Å²) in [5, 5.41) is 10.3. The van der Waals surface area contributed by atoms with Crippen molar-refractivity contribution in [1.82, 2.24) is 9.78 Å². The quantitative estimate of drug-likeness (QED) is 0.696. The number of nitrogens with one attached hydrogen (secondary N) is 1. The lowest BCUT2D eigenvalue weighted by atomic mass is 10.1. The second kappa shape index (κ2) is 6.38. The van der Waals surface area contributed by atoms with Gasteiger partial charge in [-0.25, -0.2) is 4.68 Å². The fraction of sp³-hybridized carbons (Fsp3) is 0.267. The van der Waals surface area contributed by atoms with Crippen molar-refractivity contribution in [1.29, 1.82) is 0 Å². The molecular weight excluding hydrogens is 287 g/mol. The van der Waals surface area contributed by atoms with Gasteiger partial charge in [-0.15, -0.1) is 0 Å². The Labute approximate surface area is 127 Å². The largest absolute Gasteiger partial charge is 0.399 e. The minimum atomic E-state index is -0.672. The average molecular weight is 304 g/mol. The van der Waals surface area contributed by atoms with E-state index in [9.17, 15) is 9.18 Å². The predicted molar refractivity (Wildman–Crippen MR) is 81.6 cm³/mol. The Kier molecular flexibility index (Phi) is 4.55. The maximum absolute atomic E-state index is 14.0. The highest BCUT2D eigenvalue weighted by Crippen LogP contribution is 2.20. The maximum Gasteiger partial charge on any atom is 0.262 e. The van der Waals surface area contributed by atoms with E-state index in [0.29, 0.717) is 16.9 Å². The molecule has 1 amide bonds. The molecule has 7 heteroatoms. The van der Waals surface area contributed by atoms with Crippen LogP contribution < -0.4 is 5.32 Å². The van der Waals surface area contributed by atoms with E-state index in [4.69, 9.17) is 0 Å². The van der Waals surface area contributed by atoms with E-state index in [1.54, 1.807) is 19.1 Å². The van der Waals surface area contributed by atoms with Crippen LogP contribution in [-0.2, 0) is 11.9 Å². The SMILES string of the molecule is CON=Cc1c(C)cccc1NC(=O)c1c(C)nn(C)c1F. The molecule has 0 saturated heterocycles. The predicted octanol–water partition coefficient (Wildman–Crippen LogP) is 2.41. The minimum Gasteiger partial charge on any atom is -0.399 e. The van der Waals surface area contributed by atoms with Crippen molar-refractivity contribution in [2.75, 3.05) is 12.4 Å². The first-order valence-electron chi connectivity index (χ1n) is 6.62. The van der Waals surface area contributed by atoms with E-state index in [1.165, 1.54) is 20.4 Å². The summed E-state index contributed by atoms with van der Waals surface area (Å²) in [5.74, 6) is -1.23. The van der Waals surface area contributed by atoms with Gasteiger partial charge in [0, 0.05) is 12.6 Å². The lowest BCUT2D eigenvalue weighted by Crippen LogP contribution is -2.16. The Bertz CT molecular complexity index is 737. The zero-order valence-corrected chi connectivity index (χ0v) is 12.8. The van der Waals surface area contributed by atoms with E-state index in [0.717, 1.165) is 10.2 Å². The van der Waals surface area contributed by atoms with Gasteiger partial charge in [0.1, 0.15) is 12.7 Å². The molecule has 1 aromatic heterocycles. The van der Waals surface area contributed by atoms with Crippen molar-refractivity contribution in [2.24, 2.45) is 12.2 Å². The number of benzene rings is 1. The third-order valence-electron chi connectivity index (χ3n) is 3.24. The molecule has 1 heterocycles. The van der Waals surface area contributed by atoms with Crippen molar-refractivity contribution in [2.45, 2.75) is 13.8 Å². The average Bonchev–Trinajstić information content (AvgIpc) is 2.71. The van der Waals surface area contributed by atoms with E-state index in [2.05, 4.69) is 20.4 Å². The second-order valence-corrected chi connectivity index (χ2v) is 4.78. The topological polar surface area (TPSA) is 68.5 Å². The Hall–Kier alpha value is -2.70. The summed E-state index contributed by atoms with van der Waals surface area (Å²) in [6, 6.07) is 5.38. The lowest BCUT2D eigenvalue weighted by Gasteiger charge is -2.10. The first-order chi connectivity index (χ1) is 10.5. The molecule has 0 atom stereocenters. The van der Waals surface area contributed by atoms with Gasteiger partial charge in [0.05, 0.1) is 17.6 Å². The summed E-state index contributed by atoms with van der Waals surface area (Å²) >= 11 is 0. The van der Waals surface area contributed by atoms with Crippen molar-refractivity contribution >= 4 is 17.8 Å². The summed E-state index contributed by atoms with van der Waals surface area (Å²) in [7, 11) is 2.88. The molecule has 0 saturated carbocycles. The van der Waals surface area contributed by atoms with Gasteiger partial charge in [-0.2, -0.15) is 9.49 Å². The van der Waals surface area contributed by atoms with Gasteiger partial charge in [-0.05, 0) is 25.5 Å². The van der Waals surface area contributed by atoms with Gasteiger partial charge < -0.3 is 10.2 Å². The molecule has 0 aliphatic rings. The minimum absolute atomic E-state index is 0.0707. The molecule has 1 N–H and O–H groups in total. The van der Waals surface area contributed by atoms with Crippen molar-refractivity contribution < 1.29 is 14.0 Å². The first-order valence-corrected chi connectivity index (χ1v) is 6.62. The first kappa shape index (κ1) is 15.7. The second-order valence-electron chi connectivity index (χ2n) is 4.78. The van der Waals surface area contributed by atoms with Gasteiger partial charge in [-0.3, -0.25) is 4.79 Å². The Morgan fingerprint density at radius 1 is 1.45 bits per heavy atom. The molecule has 0 spiro atoms. The molecule has 0 unspecified atom stereocenters. The third-order valence-corrected chi connectivity index (χ3v) is 3.24. The number of hydrogen-bond donors (Lipinski definition) is 1. The van der Waals surface area contributed by atoms with Gasteiger partial charge in [0.2, 0.25) is 5.95 Å². The number of amides is 1. The molecule has 2 rings (SSSR count). The molecule has 1 aromatic carbocycles. The summed E-state index contributed by atoms with van der Waals surface area (Å²) in [4.78, 5) is 17.0. The van der Waals surface area contributed by atoms with Crippen LogP contribution in [0.15, 0.2) is 23.4 Å². The summed E-state index contributed by atoms with van der Waals surface area (Å²) < 4.78 is 15.0. The molecule has 22 heavy (non-hydrogen) atoms. The number of halogens is 1. The lowest BCUT2D eigenvalue weighted by molar-refractivity contribution is 0.102. The van der Waals surface area contributed by atoms with Crippen molar-refractivity contribution in [3.63, 3.8) is 0 Å². The third kappa shape index (κ3) is 2.98. The fourth-order valence-electron chi connectivity index (χ4n) is 2.14. The van der Waals surface area contributed by atoms with Crippen LogP contribution in [0.2, 0.25) is 0 Å².